The van der Waals surface area contributed by atoms with Gasteiger partial charge in [-0.1, -0.05) is 36.4 Å². The average Bonchev–Trinajstić information content (AvgIpc) is 3.35. The largest absolute Gasteiger partial charge is 0.471 e. The Morgan fingerprint density at radius 2 is 1.61 bits per heavy atom. The number of hydrogen-bond acceptors (Lipinski definition) is 4. The molecule has 0 saturated heterocycles. The summed E-state index contributed by atoms with van der Waals surface area (Å²) >= 11 is 1.89. The molecule has 0 spiro atoms. The van der Waals surface area contributed by atoms with Gasteiger partial charge < -0.3 is 4.74 Å². The maximum Gasteiger partial charge on any atom is 0.221 e. The first-order valence-corrected chi connectivity index (χ1v) is 11.6. The predicted octanol–water partition coefficient (Wildman–Crippen LogP) is 5.39. The van der Waals surface area contributed by atoms with Crippen LogP contribution >= 0.6 is 11.8 Å². The first-order chi connectivity index (χ1) is 15.0. The lowest BCUT2D eigenvalue weighted by molar-refractivity contribution is 0.0199. The van der Waals surface area contributed by atoms with Gasteiger partial charge in [0, 0.05) is 28.7 Å². The minimum atomic E-state index is -0.309. The van der Waals surface area contributed by atoms with Gasteiger partial charge in [0.05, 0.1) is 23.3 Å². The summed E-state index contributed by atoms with van der Waals surface area (Å²) in [5.41, 5.74) is 5.36. The monoisotopic (exact) mass is 428 g/mol. The van der Waals surface area contributed by atoms with Gasteiger partial charge in [-0.3, -0.25) is 0 Å². The summed E-state index contributed by atoms with van der Waals surface area (Å²) in [4.78, 5) is 0. The SMILES string of the molecule is Cc1nn(-c2ccccc2)c2c1[C@@H]1c3cnn(-c4ccccc4)c3OC(C)(C)[C@@H]1CS2. The summed E-state index contributed by atoms with van der Waals surface area (Å²) in [7, 11) is 0. The summed E-state index contributed by atoms with van der Waals surface area (Å²) in [6, 6.07) is 20.6. The molecular formula is C25H24N4OS. The standard InChI is InChI=1S/C25H24N4OS/c1-16-21-22-19-14-26-28(17-10-6-4-7-11-17)23(19)30-25(2,3)20(22)15-31-24(21)29(27-16)18-12-8-5-9-13-18/h4-14,20,22H,15H2,1-3H3/t20-,22-/m1/s1. The predicted molar refractivity (Wildman–Crippen MR) is 123 cm³/mol. The summed E-state index contributed by atoms with van der Waals surface area (Å²) in [5.74, 6) is 2.39. The minimum Gasteiger partial charge on any atom is -0.471 e. The van der Waals surface area contributed by atoms with Gasteiger partial charge in [0.15, 0.2) is 0 Å². The first-order valence-electron chi connectivity index (χ1n) is 10.6. The molecule has 2 aliphatic heterocycles. The lowest BCUT2D eigenvalue weighted by atomic mass is 9.73. The van der Waals surface area contributed by atoms with Crippen molar-refractivity contribution in [2.24, 2.45) is 5.92 Å². The maximum atomic E-state index is 6.62. The number of fused-ring (bicyclic) bond motifs is 5. The lowest BCUT2D eigenvalue weighted by Gasteiger charge is -2.45. The third kappa shape index (κ3) is 2.78. The van der Waals surface area contributed by atoms with Crippen molar-refractivity contribution in [3.05, 3.63) is 83.7 Å². The molecule has 4 aromatic rings. The van der Waals surface area contributed by atoms with Crippen molar-refractivity contribution in [3.8, 4) is 17.3 Å². The van der Waals surface area contributed by atoms with E-state index >= 15 is 0 Å². The third-order valence-corrected chi connectivity index (χ3v) is 7.71. The molecule has 0 bridgehead atoms. The molecule has 2 aliphatic rings. The lowest BCUT2D eigenvalue weighted by Crippen LogP contribution is -2.47. The molecule has 0 aliphatic carbocycles. The van der Waals surface area contributed by atoms with Crippen LogP contribution in [0.2, 0.25) is 0 Å². The summed E-state index contributed by atoms with van der Waals surface area (Å²) in [6.07, 6.45) is 1.99. The number of aryl methyl sites for hydroxylation is 1. The maximum absolute atomic E-state index is 6.62. The summed E-state index contributed by atoms with van der Waals surface area (Å²) in [6.45, 7) is 6.54. The van der Waals surface area contributed by atoms with E-state index in [0.717, 1.165) is 34.3 Å². The molecule has 0 saturated carbocycles. The number of hydrogen-bond donors (Lipinski definition) is 0. The van der Waals surface area contributed by atoms with Gasteiger partial charge in [-0.05, 0) is 45.0 Å². The van der Waals surface area contributed by atoms with Crippen LogP contribution in [0.15, 0.2) is 71.9 Å². The highest BCUT2D eigenvalue weighted by Gasteiger charge is 2.50. The number of thioether (sulfide) groups is 1. The van der Waals surface area contributed by atoms with E-state index < -0.39 is 0 Å². The number of benzene rings is 2. The normalized spacial score (nSPS) is 21.0. The van der Waals surface area contributed by atoms with Gasteiger partial charge in [0.2, 0.25) is 5.88 Å². The molecule has 0 radical (unpaired) electrons. The minimum absolute atomic E-state index is 0.213. The fourth-order valence-electron chi connectivity index (χ4n) is 4.94. The van der Waals surface area contributed by atoms with Crippen molar-refractivity contribution in [1.29, 1.82) is 0 Å². The number of nitrogens with zero attached hydrogens (tertiary/aromatic N) is 4. The zero-order chi connectivity index (χ0) is 21.2. The summed E-state index contributed by atoms with van der Waals surface area (Å²) in [5, 5.41) is 11.0. The topological polar surface area (TPSA) is 44.9 Å². The van der Waals surface area contributed by atoms with E-state index in [-0.39, 0.29) is 11.5 Å². The van der Waals surface area contributed by atoms with Gasteiger partial charge in [-0.15, -0.1) is 11.8 Å². The molecule has 4 heterocycles. The van der Waals surface area contributed by atoms with Crippen molar-refractivity contribution in [1.82, 2.24) is 19.6 Å². The molecule has 2 aromatic carbocycles. The Labute approximate surface area is 186 Å². The molecule has 0 N–H and O–H groups in total. The molecule has 31 heavy (non-hydrogen) atoms. The Kier molecular flexibility index (Phi) is 4.09. The van der Waals surface area contributed by atoms with E-state index in [2.05, 4.69) is 61.9 Å². The van der Waals surface area contributed by atoms with Crippen molar-refractivity contribution in [2.75, 3.05) is 5.75 Å². The van der Waals surface area contributed by atoms with E-state index in [4.69, 9.17) is 14.9 Å². The zero-order valence-electron chi connectivity index (χ0n) is 17.8. The molecule has 6 rings (SSSR count). The quantitative estimate of drug-likeness (QED) is 0.429. The fraction of sp³-hybridized carbons (Fsp3) is 0.280. The second kappa shape index (κ2) is 6.76. The van der Waals surface area contributed by atoms with E-state index in [1.807, 2.05) is 46.9 Å². The number of ether oxygens (including phenoxy) is 1. The second-order valence-electron chi connectivity index (χ2n) is 8.80. The van der Waals surface area contributed by atoms with Crippen molar-refractivity contribution >= 4 is 11.8 Å². The van der Waals surface area contributed by atoms with E-state index in [0.29, 0.717) is 5.92 Å². The molecule has 156 valence electrons. The van der Waals surface area contributed by atoms with E-state index in [1.54, 1.807) is 0 Å². The highest BCUT2D eigenvalue weighted by atomic mass is 32.2. The van der Waals surface area contributed by atoms with Crippen molar-refractivity contribution < 1.29 is 4.74 Å². The van der Waals surface area contributed by atoms with Crippen LogP contribution in [0.5, 0.6) is 5.88 Å². The molecule has 2 aromatic heterocycles. The molecular weight excluding hydrogens is 404 g/mol. The van der Waals surface area contributed by atoms with Crippen LogP contribution in [0.1, 0.15) is 36.6 Å². The summed E-state index contributed by atoms with van der Waals surface area (Å²) < 4.78 is 10.7. The van der Waals surface area contributed by atoms with Crippen LogP contribution < -0.4 is 4.74 Å². The van der Waals surface area contributed by atoms with E-state index in [9.17, 15) is 0 Å². The second-order valence-corrected chi connectivity index (χ2v) is 9.81. The van der Waals surface area contributed by atoms with Crippen LogP contribution in [0.3, 0.4) is 0 Å². The van der Waals surface area contributed by atoms with E-state index in [1.165, 1.54) is 10.6 Å². The smallest absolute Gasteiger partial charge is 0.221 e. The molecule has 6 heteroatoms. The molecule has 0 amide bonds. The Hall–Kier alpha value is -2.99. The molecule has 5 nitrogen and oxygen atoms in total. The average molecular weight is 429 g/mol. The van der Waals surface area contributed by atoms with Gasteiger partial charge in [0.25, 0.3) is 0 Å². The van der Waals surface area contributed by atoms with Gasteiger partial charge in [-0.2, -0.15) is 10.2 Å². The highest BCUT2D eigenvalue weighted by molar-refractivity contribution is 7.99. The van der Waals surface area contributed by atoms with Gasteiger partial charge in [-0.25, -0.2) is 9.36 Å². The van der Waals surface area contributed by atoms with Crippen LogP contribution in [0, 0.1) is 12.8 Å². The number of aromatic nitrogens is 4. The fourth-order valence-corrected chi connectivity index (χ4v) is 6.57. The Morgan fingerprint density at radius 1 is 0.968 bits per heavy atom. The van der Waals surface area contributed by atoms with Crippen molar-refractivity contribution in [2.45, 2.75) is 37.3 Å². The number of para-hydroxylation sites is 2. The Morgan fingerprint density at radius 3 is 2.29 bits per heavy atom. The molecule has 0 unspecified atom stereocenters. The number of rotatable bonds is 2. The van der Waals surface area contributed by atoms with Gasteiger partial charge in [0.1, 0.15) is 10.6 Å². The first kappa shape index (κ1) is 18.8. The Balaban J connectivity index is 1.55. The highest BCUT2D eigenvalue weighted by Crippen LogP contribution is 2.55. The van der Waals surface area contributed by atoms with Crippen LogP contribution in [0.25, 0.3) is 11.4 Å². The van der Waals surface area contributed by atoms with Crippen LogP contribution in [0.4, 0.5) is 0 Å². The Bertz CT molecular complexity index is 1260. The zero-order valence-corrected chi connectivity index (χ0v) is 18.6. The van der Waals surface area contributed by atoms with Crippen LogP contribution in [-0.4, -0.2) is 30.9 Å². The molecule has 2 atom stereocenters. The third-order valence-electron chi connectivity index (χ3n) is 6.52. The van der Waals surface area contributed by atoms with Gasteiger partial charge >= 0.3 is 0 Å². The van der Waals surface area contributed by atoms with Crippen molar-refractivity contribution in [3.63, 3.8) is 0 Å². The van der Waals surface area contributed by atoms with Crippen LogP contribution in [-0.2, 0) is 0 Å². The molecule has 0 fully saturated rings.